The van der Waals surface area contributed by atoms with Gasteiger partial charge in [-0.1, -0.05) is 0 Å². The summed E-state index contributed by atoms with van der Waals surface area (Å²) < 4.78 is 21.0. The van der Waals surface area contributed by atoms with Crippen LogP contribution in [0.25, 0.3) is 0 Å². The topological polar surface area (TPSA) is 57.2 Å². The Bertz CT molecular complexity index is 154. The lowest BCUT2D eigenvalue weighted by Crippen LogP contribution is -2.24. The quantitative estimate of drug-likeness (QED) is 0.520. The van der Waals surface area contributed by atoms with Gasteiger partial charge in [-0.3, -0.25) is 0 Å². The molecule has 0 aliphatic carbocycles. The van der Waals surface area contributed by atoms with Crippen LogP contribution >= 0.6 is 0 Å². The second-order valence-electron chi connectivity index (χ2n) is 3.91. The van der Waals surface area contributed by atoms with Gasteiger partial charge in [-0.05, 0) is 19.8 Å². The molecule has 0 aromatic rings. The Balaban J connectivity index is 3.71. The van der Waals surface area contributed by atoms with Crippen molar-refractivity contribution < 1.29 is 24.1 Å². The van der Waals surface area contributed by atoms with Gasteiger partial charge in [0.25, 0.3) is 0 Å². The minimum atomic E-state index is 0.0210. The molecule has 0 rings (SSSR count). The second-order valence-corrected chi connectivity index (χ2v) is 3.91. The summed E-state index contributed by atoms with van der Waals surface area (Å²) in [5.41, 5.74) is 0. The van der Waals surface area contributed by atoms with E-state index in [2.05, 4.69) is 0 Å². The van der Waals surface area contributed by atoms with Gasteiger partial charge in [0.2, 0.25) is 0 Å². The van der Waals surface area contributed by atoms with Crippen LogP contribution in [0.1, 0.15) is 19.8 Å². The Hall–Kier alpha value is -0.200. The van der Waals surface area contributed by atoms with Crippen LogP contribution < -0.4 is 0 Å². The van der Waals surface area contributed by atoms with Crippen molar-refractivity contribution in [3.63, 3.8) is 0 Å². The Labute approximate surface area is 104 Å². The summed E-state index contributed by atoms with van der Waals surface area (Å²) in [6.45, 7) is 4.43. The fourth-order valence-corrected chi connectivity index (χ4v) is 1.48. The van der Waals surface area contributed by atoms with Crippen molar-refractivity contribution in [2.24, 2.45) is 0 Å². The van der Waals surface area contributed by atoms with E-state index in [9.17, 15) is 0 Å². The van der Waals surface area contributed by atoms with Gasteiger partial charge in [-0.15, -0.1) is 0 Å². The van der Waals surface area contributed by atoms with E-state index in [0.717, 1.165) is 6.42 Å². The lowest BCUT2D eigenvalue weighted by molar-refractivity contribution is -0.0400. The van der Waals surface area contributed by atoms with E-state index in [1.807, 2.05) is 6.92 Å². The van der Waals surface area contributed by atoms with Crippen molar-refractivity contribution in [3.05, 3.63) is 0 Å². The zero-order valence-electron chi connectivity index (χ0n) is 11.2. The summed E-state index contributed by atoms with van der Waals surface area (Å²) in [6, 6.07) is 0. The summed E-state index contributed by atoms with van der Waals surface area (Å²) in [4.78, 5) is 0. The molecule has 5 heteroatoms. The number of hydrogen-bond acceptors (Lipinski definition) is 5. The van der Waals surface area contributed by atoms with Gasteiger partial charge >= 0.3 is 0 Å². The van der Waals surface area contributed by atoms with Crippen LogP contribution in [-0.2, 0) is 18.9 Å². The highest BCUT2D eigenvalue weighted by Gasteiger charge is 2.13. The molecular weight excluding hydrogens is 224 g/mol. The molecule has 0 heterocycles. The van der Waals surface area contributed by atoms with Gasteiger partial charge in [0, 0.05) is 20.8 Å². The molecule has 2 atom stereocenters. The average molecular weight is 250 g/mol. The van der Waals surface area contributed by atoms with Crippen LogP contribution in [0.2, 0.25) is 0 Å². The maximum Gasteiger partial charge on any atom is 0.0704 e. The molecule has 0 fully saturated rings. The fourth-order valence-electron chi connectivity index (χ4n) is 1.48. The normalized spacial score (nSPS) is 14.8. The van der Waals surface area contributed by atoms with Crippen molar-refractivity contribution in [3.8, 4) is 0 Å². The molecule has 0 spiro atoms. The van der Waals surface area contributed by atoms with Crippen molar-refractivity contribution in [2.75, 3.05) is 47.3 Å². The van der Waals surface area contributed by atoms with Crippen molar-refractivity contribution in [2.45, 2.75) is 32.0 Å². The van der Waals surface area contributed by atoms with Crippen molar-refractivity contribution in [1.29, 1.82) is 0 Å². The van der Waals surface area contributed by atoms with Gasteiger partial charge < -0.3 is 24.1 Å². The Kier molecular flexibility index (Phi) is 12.1. The lowest BCUT2D eigenvalue weighted by Gasteiger charge is -2.21. The number of ether oxygens (including phenoxy) is 4. The standard InChI is InChI=1S/C12H26O5/c1-11(16-8-6-14-2)10-12(4-5-13)17-9-7-15-3/h11-13H,4-10H2,1-3H3. The molecule has 0 bridgehead atoms. The summed E-state index contributed by atoms with van der Waals surface area (Å²) in [5, 5.41) is 8.95. The highest BCUT2D eigenvalue weighted by Crippen LogP contribution is 2.09. The van der Waals surface area contributed by atoms with E-state index in [-0.39, 0.29) is 18.8 Å². The molecule has 0 saturated heterocycles. The monoisotopic (exact) mass is 250 g/mol. The molecule has 104 valence electrons. The summed E-state index contributed by atoms with van der Waals surface area (Å²) in [7, 11) is 3.29. The molecule has 1 N–H and O–H groups in total. The first kappa shape index (κ1) is 16.8. The van der Waals surface area contributed by atoms with Gasteiger partial charge in [0.15, 0.2) is 0 Å². The first-order chi connectivity index (χ1) is 8.24. The predicted octanol–water partition coefficient (Wildman–Crippen LogP) is 0.842. The number of rotatable bonds is 12. The third kappa shape index (κ3) is 10.7. The van der Waals surface area contributed by atoms with Gasteiger partial charge in [-0.2, -0.15) is 0 Å². The van der Waals surface area contributed by atoms with Crippen molar-refractivity contribution in [1.82, 2.24) is 0 Å². The van der Waals surface area contributed by atoms with Crippen LogP contribution in [-0.4, -0.2) is 64.6 Å². The lowest BCUT2D eigenvalue weighted by atomic mass is 10.1. The maximum atomic E-state index is 8.95. The molecule has 0 aliphatic rings. The minimum Gasteiger partial charge on any atom is -0.396 e. The number of methoxy groups -OCH3 is 2. The zero-order valence-corrected chi connectivity index (χ0v) is 11.2. The Morgan fingerprint density at radius 1 is 0.941 bits per heavy atom. The molecule has 0 saturated carbocycles. The van der Waals surface area contributed by atoms with Gasteiger partial charge in [-0.25, -0.2) is 0 Å². The second kappa shape index (κ2) is 12.3. The molecule has 0 radical (unpaired) electrons. The van der Waals surface area contributed by atoms with Crippen LogP contribution in [0, 0.1) is 0 Å². The minimum absolute atomic E-state index is 0.0210. The van der Waals surface area contributed by atoms with E-state index in [1.54, 1.807) is 14.2 Å². The Morgan fingerprint density at radius 3 is 2.06 bits per heavy atom. The SMILES string of the molecule is COCCOC(C)CC(CCO)OCCOC. The van der Waals surface area contributed by atoms with E-state index in [0.29, 0.717) is 32.8 Å². The molecule has 0 amide bonds. The summed E-state index contributed by atoms with van der Waals surface area (Å²) in [6.07, 6.45) is 1.52. The van der Waals surface area contributed by atoms with E-state index in [4.69, 9.17) is 24.1 Å². The zero-order chi connectivity index (χ0) is 12.9. The highest BCUT2D eigenvalue weighted by atomic mass is 16.5. The molecule has 5 nitrogen and oxygen atoms in total. The van der Waals surface area contributed by atoms with Crippen LogP contribution in [0.15, 0.2) is 0 Å². The van der Waals surface area contributed by atoms with E-state index < -0.39 is 0 Å². The van der Waals surface area contributed by atoms with Crippen LogP contribution in [0.5, 0.6) is 0 Å². The molecule has 0 aromatic heterocycles. The summed E-state index contributed by atoms with van der Waals surface area (Å²) >= 11 is 0. The first-order valence-electron chi connectivity index (χ1n) is 6.06. The number of aliphatic hydroxyl groups is 1. The van der Waals surface area contributed by atoms with E-state index >= 15 is 0 Å². The molecule has 17 heavy (non-hydrogen) atoms. The van der Waals surface area contributed by atoms with Crippen LogP contribution in [0.4, 0.5) is 0 Å². The highest BCUT2D eigenvalue weighted by molar-refractivity contribution is 4.63. The third-order valence-corrected chi connectivity index (χ3v) is 2.38. The molecular formula is C12H26O5. The smallest absolute Gasteiger partial charge is 0.0704 e. The maximum absolute atomic E-state index is 8.95. The predicted molar refractivity (Wildman–Crippen MR) is 65.2 cm³/mol. The molecule has 0 aromatic carbocycles. The molecule has 2 unspecified atom stereocenters. The van der Waals surface area contributed by atoms with Crippen LogP contribution in [0.3, 0.4) is 0 Å². The fraction of sp³-hybridized carbons (Fsp3) is 1.00. The largest absolute Gasteiger partial charge is 0.396 e. The average Bonchev–Trinajstić information content (AvgIpc) is 2.30. The third-order valence-electron chi connectivity index (χ3n) is 2.38. The summed E-state index contributed by atoms with van der Waals surface area (Å²) in [5.74, 6) is 0. The van der Waals surface area contributed by atoms with Crippen molar-refractivity contribution >= 4 is 0 Å². The Morgan fingerprint density at radius 2 is 1.53 bits per heavy atom. The first-order valence-corrected chi connectivity index (χ1v) is 6.06. The molecule has 0 aliphatic heterocycles. The number of hydrogen-bond donors (Lipinski definition) is 1. The van der Waals surface area contributed by atoms with Gasteiger partial charge in [0.1, 0.15) is 0 Å². The van der Waals surface area contributed by atoms with E-state index in [1.165, 1.54) is 0 Å². The van der Waals surface area contributed by atoms with Gasteiger partial charge in [0.05, 0.1) is 38.6 Å². The number of aliphatic hydroxyl groups excluding tert-OH is 1.